The Balaban J connectivity index is 1.36. The van der Waals surface area contributed by atoms with Gasteiger partial charge in [-0.05, 0) is 46.9 Å². The zero-order chi connectivity index (χ0) is 20.0. The highest BCUT2D eigenvalue weighted by Crippen LogP contribution is 2.32. The van der Waals surface area contributed by atoms with E-state index in [2.05, 4.69) is 43.1 Å². The van der Waals surface area contributed by atoms with Crippen LogP contribution in [0.4, 0.5) is 5.69 Å². The van der Waals surface area contributed by atoms with Crippen molar-refractivity contribution in [2.45, 2.75) is 18.6 Å². The molecular formula is C19H13IN6O3. The van der Waals surface area contributed by atoms with E-state index in [-0.39, 0.29) is 24.2 Å². The minimum atomic E-state index is -0.860. The molecule has 1 saturated heterocycles. The molecular weight excluding hydrogens is 487 g/mol. The molecule has 2 atom stereocenters. The van der Waals surface area contributed by atoms with E-state index >= 15 is 0 Å². The number of nitrogens with zero attached hydrogens (tertiary/aromatic N) is 6. The molecule has 9 nitrogen and oxygen atoms in total. The van der Waals surface area contributed by atoms with E-state index in [1.54, 1.807) is 24.3 Å². The smallest absolute Gasteiger partial charge is 0.263 e. The number of amides is 2. The van der Waals surface area contributed by atoms with Crippen LogP contribution in [0.15, 0.2) is 69.5 Å². The molecule has 0 unspecified atom stereocenters. The topological polar surface area (TPSA) is 104 Å². The summed E-state index contributed by atoms with van der Waals surface area (Å²) in [6.45, 7) is 0.0870. The highest BCUT2D eigenvalue weighted by Gasteiger charge is 2.55. The van der Waals surface area contributed by atoms with E-state index in [1.807, 2.05) is 30.3 Å². The van der Waals surface area contributed by atoms with Crippen molar-refractivity contribution in [2.24, 2.45) is 10.3 Å². The van der Waals surface area contributed by atoms with Crippen LogP contribution >= 0.6 is 22.6 Å². The lowest BCUT2D eigenvalue weighted by Crippen LogP contribution is -2.39. The zero-order valence-electron chi connectivity index (χ0n) is 14.8. The number of carbonyl (C=O) groups excluding carboxylic acids is 2. The van der Waals surface area contributed by atoms with Crippen molar-refractivity contribution in [3.63, 3.8) is 0 Å². The fourth-order valence-electron chi connectivity index (χ4n) is 3.36. The molecule has 29 heavy (non-hydrogen) atoms. The summed E-state index contributed by atoms with van der Waals surface area (Å²) >= 11 is 2.22. The summed E-state index contributed by atoms with van der Waals surface area (Å²) in [5, 5.41) is 13.4. The molecule has 0 N–H and O–H groups in total. The number of imide groups is 1. The van der Waals surface area contributed by atoms with Crippen molar-refractivity contribution >= 4 is 40.1 Å². The first kappa shape index (κ1) is 17.9. The van der Waals surface area contributed by atoms with E-state index in [0.717, 1.165) is 14.0 Å². The van der Waals surface area contributed by atoms with Crippen LogP contribution in [0, 0.1) is 3.57 Å². The molecule has 144 valence electrons. The van der Waals surface area contributed by atoms with Gasteiger partial charge in [-0.2, -0.15) is 10.1 Å². The third kappa shape index (κ3) is 3.09. The Kier molecular flexibility index (Phi) is 4.34. The lowest BCUT2D eigenvalue weighted by molar-refractivity contribution is -0.123. The van der Waals surface area contributed by atoms with E-state index in [1.165, 1.54) is 5.01 Å². The lowest BCUT2D eigenvalue weighted by atomic mass is 10.1. The summed E-state index contributed by atoms with van der Waals surface area (Å²) in [5.41, 5.74) is 1.34. The first-order valence-corrected chi connectivity index (χ1v) is 9.88. The first-order valence-electron chi connectivity index (χ1n) is 8.80. The van der Waals surface area contributed by atoms with Crippen molar-refractivity contribution in [1.82, 2.24) is 15.1 Å². The largest absolute Gasteiger partial charge is 0.337 e. The average Bonchev–Trinajstić information content (AvgIpc) is 3.42. The Bertz CT molecular complexity index is 1110. The van der Waals surface area contributed by atoms with Crippen molar-refractivity contribution < 1.29 is 14.1 Å². The van der Waals surface area contributed by atoms with Gasteiger partial charge in [-0.3, -0.25) is 14.6 Å². The summed E-state index contributed by atoms with van der Waals surface area (Å²) in [5.74, 6) is -0.0171. The Morgan fingerprint density at radius 3 is 2.52 bits per heavy atom. The normalized spacial score (nSPS) is 20.6. The molecule has 2 aliphatic rings. The van der Waals surface area contributed by atoms with Gasteiger partial charge in [0, 0.05) is 9.13 Å². The number of para-hydroxylation sites is 1. The summed E-state index contributed by atoms with van der Waals surface area (Å²) in [6, 6.07) is 14.8. The highest BCUT2D eigenvalue weighted by atomic mass is 127. The molecule has 1 fully saturated rings. The molecule has 0 spiro atoms. The number of rotatable bonds is 4. The number of benzene rings is 2. The van der Waals surface area contributed by atoms with E-state index in [0.29, 0.717) is 11.5 Å². The van der Waals surface area contributed by atoms with Crippen molar-refractivity contribution in [3.05, 3.63) is 64.1 Å². The van der Waals surface area contributed by atoms with Gasteiger partial charge in [0.1, 0.15) is 6.54 Å². The highest BCUT2D eigenvalue weighted by molar-refractivity contribution is 14.1. The molecule has 5 rings (SSSR count). The lowest BCUT2D eigenvalue weighted by Gasteiger charge is -2.19. The van der Waals surface area contributed by atoms with Gasteiger partial charge in [0.2, 0.25) is 11.7 Å². The summed E-state index contributed by atoms with van der Waals surface area (Å²) in [7, 11) is 0. The average molecular weight is 500 g/mol. The molecule has 2 aliphatic heterocycles. The standard InChI is InChI=1S/C19H13IN6O3/c20-12-8-6-11(7-9-12)17-21-14(29-23-17)10-25-16-15(22-24-25)18(27)26(19(16)28)13-4-2-1-3-5-13/h1-9,15-16H,10H2/t15-,16+/m0/s1. The van der Waals surface area contributed by atoms with Gasteiger partial charge < -0.3 is 4.52 Å². The maximum Gasteiger partial charge on any atom is 0.263 e. The third-order valence-electron chi connectivity index (χ3n) is 4.74. The zero-order valence-corrected chi connectivity index (χ0v) is 17.0. The van der Waals surface area contributed by atoms with Crippen molar-refractivity contribution in [3.8, 4) is 11.4 Å². The Hall–Kier alpha value is -3.15. The van der Waals surface area contributed by atoms with Crippen LogP contribution < -0.4 is 4.90 Å². The minimum absolute atomic E-state index is 0.0870. The van der Waals surface area contributed by atoms with Crippen LogP contribution in [0.5, 0.6) is 0 Å². The molecule has 0 bridgehead atoms. The maximum atomic E-state index is 12.9. The monoisotopic (exact) mass is 500 g/mol. The number of hydrogen-bond donors (Lipinski definition) is 0. The number of carbonyl (C=O) groups is 2. The maximum absolute atomic E-state index is 12.9. The van der Waals surface area contributed by atoms with Crippen LogP contribution in [0.1, 0.15) is 5.89 Å². The number of fused-ring (bicyclic) bond motifs is 1. The summed E-state index contributed by atoms with van der Waals surface area (Å²) in [4.78, 5) is 31.2. The molecule has 2 amide bonds. The van der Waals surface area contributed by atoms with Gasteiger partial charge in [0.05, 0.1) is 5.69 Å². The van der Waals surface area contributed by atoms with Crippen molar-refractivity contribution in [2.75, 3.05) is 4.90 Å². The van der Waals surface area contributed by atoms with Gasteiger partial charge in [-0.25, -0.2) is 4.90 Å². The van der Waals surface area contributed by atoms with Crippen LogP contribution in [0.2, 0.25) is 0 Å². The van der Waals surface area contributed by atoms with Crippen LogP contribution in [0.25, 0.3) is 11.4 Å². The number of hydrogen-bond acceptors (Lipinski definition) is 8. The van der Waals surface area contributed by atoms with Gasteiger partial charge in [-0.1, -0.05) is 40.7 Å². The second-order valence-electron chi connectivity index (χ2n) is 6.56. The van der Waals surface area contributed by atoms with E-state index < -0.39 is 12.1 Å². The quantitative estimate of drug-likeness (QED) is 0.403. The molecule has 10 heteroatoms. The van der Waals surface area contributed by atoms with Crippen LogP contribution in [-0.4, -0.2) is 39.0 Å². The Morgan fingerprint density at radius 2 is 1.76 bits per heavy atom. The second kappa shape index (κ2) is 7.03. The summed E-state index contributed by atoms with van der Waals surface area (Å²) < 4.78 is 6.42. The predicted octanol–water partition coefficient (Wildman–Crippen LogP) is 2.83. The number of halogens is 1. The Morgan fingerprint density at radius 1 is 1.00 bits per heavy atom. The van der Waals surface area contributed by atoms with Gasteiger partial charge in [0.15, 0.2) is 12.1 Å². The molecule has 0 radical (unpaired) electrons. The third-order valence-corrected chi connectivity index (χ3v) is 5.46. The van der Waals surface area contributed by atoms with Gasteiger partial charge >= 0.3 is 0 Å². The van der Waals surface area contributed by atoms with Crippen LogP contribution in [0.3, 0.4) is 0 Å². The molecule has 2 aromatic carbocycles. The Labute approximate surface area is 178 Å². The van der Waals surface area contributed by atoms with Gasteiger partial charge in [0.25, 0.3) is 11.8 Å². The van der Waals surface area contributed by atoms with E-state index in [9.17, 15) is 9.59 Å². The molecule has 1 aromatic heterocycles. The van der Waals surface area contributed by atoms with Gasteiger partial charge in [-0.15, -0.1) is 0 Å². The fourth-order valence-corrected chi connectivity index (χ4v) is 3.72. The molecule has 0 aliphatic carbocycles. The number of aromatic nitrogens is 2. The molecule has 0 saturated carbocycles. The fraction of sp³-hybridized carbons (Fsp3) is 0.158. The molecule has 3 heterocycles. The van der Waals surface area contributed by atoms with Crippen molar-refractivity contribution in [1.29, 1.82) is 0 Å². The second-order valence-corrected chi connectivity index (χ2v) is 7.80. The minimum Gasteiger partial charge on any atom is -0.337 e. The van der Waals surface area contributed by atoms with E-state index in [4.69, 9.17) is 4.52 Å². The molecule has 3 aromatic rings. The SMILES string of the molecule is O=C1[C@H]2N=NN(Cc3nc(-c4ccc(I)cc4)no3)[C@H]2C(=O)N1c1ccccc1. The predicted molar refractivity (Wildman–Crippen MR) is 109 cm³/mol. The first-order chi connectivity index (χ1) is 14.1. The summed E-state index contributed by atoms with van der Waals surface area (Å²) in [6.07, 6.45) is 0. The number of anilines is 1. The van der Waals surface area contributed by atoms with Crippen LogP contribution in [-0.2, 0) is 16.1 Å².